The number of methoxy groups -OCH3 is 1. The summed E-state index contributed by atoms with van der Waals surface area (Å²) in [5, 5.41) is 4.32. The van der Waals surface area contributed by atoms with Gasteiger partial charge in [-0.15, -0.1) is 0 Å². The van der Waals surface area contributed by atoms with Crippen LogP contribution in [0.2, 0.25) is 0 Å². The second kappa shape index (κ2) is 5.36. The Hall–Kier alpha value is -0.940. The first-order valence-corrected chi connectivity index (χ1v) is 6.93. The van der Waals surface area contributed by atoms with Crippen molar-refractivity contribution in [3.8, 4) is 0 Å². The Morgan fingerprint density at radius 3 is 2.94 bits per heavy atom. The Balaban J connectivity index is 1.69. The van der Waals surface area contributed by atoms with Gasteiger partial charge >= 0.3 is 0 Å². The third-order valence-corrected chi connectivity index (χ3v) is 4.15. The summed E-state index contributed by atoms with van der Waals surface area (Å²) in [6.07, 6.45) is 5.89. The van der Waals surface area contributed by atoms with Crippen LogP contribution in [0.5, 0.6) is 0 Å². The summed E-state index contributed by atoms with van der Waals surface area (Å²) in [4.78, 5) is 6.92. The van der Waals surface area contributed by atoms with Gasteiger partial charge in [0.2, 0.25) is 0 Å². The van der Waals surface area contributed by atoms with Gasteiger partial charge in [0.25, 0.3) is 0 Å². The van der Waals surface area contributed by atoms with E-state index in [1.54, 1.807) is 13.4 Å². The van der Waals surface area contributed by atoms with E-state index in [2.05, 4.69) is 15.0 Å². The molecule has 0 unspecified atom stereocenters. The minimum absolute atomic E-state index is 0.526. The van der Waals surface area contributed by atoms with Crippen LogP contribution in [-0.2, 0) is 17.8 Å². The number of fused-ring (bicyclic) bond motifs is 1. The molecule has 2 heterocycles. The van der Waals surface area contributed by atoms with Crippen molar-refractivity contribution in [2.75, 3.05) is 26.8 Å². The van der Waals surface area contributed by atoms with E-state index < -0.39 is 0 Å². The van der Waals surface area contributed by atoms with Crippen LogP contribution >= 0.6 is 0 Å². The Bertz CT molecular complexity index is 388. The molecule has 1 fully saturated rings. The maximum absolute atomic E-state index is 5.33. The lowest BCUT2D eigenvalue weighted by Gasteiger charge is -2.32. The number of aromatic nitrogens is 3. The minimum atomic E-state index is 0.526. The Morgan fingerprint density at radius 1 is 1.33 bits per heavy atom. The average Bonchev–Trinajstić information content (AvgIpc) is 2.64. The van der Waals surface area contributed by atoms with Crippen molar-refractivity contribution in [1.82, 2.24) is 19.7 Å². The van der Waals surface area contributed by atoms with Gasteiger partial charge in [-0.1, -0.05) is 6.42 Å². The molecule has 3 rings (SSSR count). The Kier molecular flexibility index (Phi) is 3.61. The molecule has 1 aromatic heterocycles. The lowest BCUT2D eigenvalue weighted by molar-refractivity contribution is 0.100. The van der Waals surface area contributed by atoms with Crippen molar-refractivity contribution < 1.29 is 4.74 Å². The van der Waals surface area contributed by atoms with E-state index in [-0.39, 0.29) is 0 Å². The number of hydrogen-bond acceptors (Lipinski definition) is 4. The molecule has 1 saturated carbocycles. The van der Waals surface area contributed by atoms with Gasteiger partial charge in [-0.3, -0.25) is 4.90 Å². The quantitative estimate of drug-likeness (QED) is 0.804. The molecule has 18 heavy (non-hydrogen) atoms. The van der Waals surface area contributed by atoms with Crippen LogP contribution in [0, 0.1) is 11.8 Å². The predicted molar refractivity (Wildman–Crippen MR) is 68.0 cm³/mol. The molecular formula is C13H22N4O. The van der Waals surface area contributed by atoms with Crippen molar-refractivity contribution in [2.45, 2.75) is 32.4 Å². The number of nitrogens with zero attached hydrogens (tertiary/aromatic N) is 4. The second-order valence-electron chi connectivity index (χ2n) is 5.67. The highest BCUT2D eigenvalue weighted by Gasteiger charge is 2.26. The largest absolute Gasteiger partial charge is 0.384 e. The molecule has 0 N–H and O–H groups in total. The van der Waals surface area contributed by atoms with Crippen LogP contribution in [0.15, 0.2) is 6.33 Å². The molecule has 0 amide bonds. The molecule has 0 saturated heterocycles. The van der Waals surface area contributed by atoms with E-state index >= 15 is 0 Å². The smallest absolute Gasteiger partial charge is 0.141 e. The zero-order chi connectivity index (χ0) is 12.4. The summed E-state index contributed by atoms with van der Waals surface area (Å²) in [6, 6.07) is 0. The van der Waals surface area contributed by atoms with Crippen LogP contribution in [-0.4, -0.2) is 46.5 Å². The van der Waals surface area contributed by atoms with Gasteiger partial charge in [0.05, 0.1) is 13.2 Å². The van der Waals surface area contributed by atoms with E-state index in [9.17, 15) is 0 Å². The van der Waals surface area contributed by atoms with Crippen molar-refractivity contribution in [3.63, 3.8) is 0 Å². The fourth-order valence-corrected chi connectivity index (χ4v) is 3.02. The minimum Gasteiger partial charge on any atom is -0.384 e. The normalized spacial score (nSPS) is 25.5. The topological polar surface area (TPSA) is 43.2 Å². The molecule has 0 radical (unpaired) electrons. The van der Waals surface area contributed by atoms with E-state index in [1.807, 2.05) is 4.68 Å². The highest BCUT2D eigenvalue weighted by molar-refractivity contribution is 4.90. The second-order valence-corrected chi connectivity index (χ2v) is 5.67. The zero-order valence-electron chi connectivity index (χ0n) is 11.1. The molecule has 2 aliphatic rings. The standard InChI is InChI=1S/C13H22N4O/c1-18-9-12-6-16(5-11-3-2-4-11)8-13-14-10-15-17(13)7-12/h10-12H,2-9H2,1H3/t12-/m1/s1. The molecule has 1 aromatic rings. The number of hydrogen-bond donors (Lipinski definition) is 0. The average molecular weight is 250 g/mol. The van der Waals surface area contributed by atoms with Crippen LogP contribution in [0.25, 0.3) is 0 Å². The maximum Gasteiger partial charge on any atom is 0.141 e. The van der Waals surface area contributed by atoms with E-state index in [0.717, 1.165) is 38.0 Å². The fraction of sp³-hybridized carbons (Fsp3) is 0.846. The number of rotatable bonds is 4. The Labute approximate surface area is 108 Å². The first-order chi connectivity index (χ1) is 8.85. The first-order valence-electron chi connectivity index (χ1n) is 6.93. The molecule has 1 aliphatic heterocycles. The van der Waals surface area contributed by atoms with Crippen molar-refractivity contribution in [1.29, 1.82) is 0 Å². The van der Waals surface area contributed by atoms with E-state index in [1.165, 1.54) is 25.8 Å². The van der Waals surface area contributed by atoms with Crippen molar-refractivity contribution >= 4 is 0 Å². The summed E-state index contributed by atoms with van der Waals surface area (Å²) in [6.45, 7) is 5.00. The van der Waals surface area contributed by atoms with E-state index in [0.29, 0.717) is 5.92 Å². The lowest BCUT2D eigenvalue weighted by Crippen LogP contribution is -2.36. The van der Waals surface area contributed by atoms with E-state index in [4.69, 9.17) is 4.74 Å². The molecular weight excluding hydrogens is 228 g/mol. The molecule has 0 bridgehead atoms. The highest BCUT2D eigenvalue weighted by atomic mass is 16.5. The first kappa shape index (κ1) is 12.1. The summed E-state index contributed by atoms with van der Waals surface area (Å²) in [5.74, 6) is 2.54. The van der Waals surface area contributed by atoms with Crippen LogP contribution in [0.1, 0.15) is 25.1 Å². The summed E-state index contributed by atoms with van der Waals surface area (Å²) in [5.41, 5.74) is 0. The molecule has 0 aromatic carbocycles. The molecule has 5 heteroatoms. The van der Waals surface area contributed by atoms with Gasteiger partial charge < -0.3 is 4.74 Å². The molecule has 0 spiro atoms. The van der Waals surface area contributed by atoms with Gasteiger partial charge in [-0.05, 0) is 18.8 Å². The maximum atomic E-state index is 5.33. The predicted octanol–water partition coefficient (Wildman–Crippen LogP) is 1.16. The summed E-state index contributed by atoms with van der Waals surface area (Å²) >= 11 is 0. The monoisotopic (exact) mass is 250 g/mol. The van der Waals surface area contributed by atoms with Gasteiger partial charge in [-0.25, -0.2) is 9.67 Å². The van der Waals surface area contributed by atoms with Gasteiger partial charge in [0, 0.05) is 32.7 Å². The zero-order valence-corrected chi connectivity index (χ0v) is 11.1. The van der Waals surface area contributed by atoms with Crippen LogP contribution in [0.3, 0.4) is 0 Å². The molecule has 1 aliphatic carbocycles. The van der Waals surface area contributed by atoms with Gasteiger partial charge in [-0.2, -0.15) is 5.10 Å². The van der Waals surface area contributed by atoms with Gasteiger partial charge in [0.1, 0.15) is 12.2 Å². The van der Waals surface area contributed by atoms with Crippen molar-refractivity contribution in [3.05, 3.63) is 12.2 Å². The number of ether oxygens (including phenoxy) is 1. The summed E-state index contributed by atoms with van der Waals surface area (Å²) in [7, 11) is 1.78. The third-order valence-electron chi connectivity index (χ3n) is 4.15. The SMILES string of the molecule is COC[C@@H]1CN(CC2CCC2)Cc2ncnn2C1. The lowest BCUT2D eigenvalue weighted by atomic mass is 9.85. The Morgan fingerprint density at radius 2 is 2.22 bits per heavy atom. The molecule has 5 nitrogen and oxygen atoms in total. The van der Waals surface area contributed by atoms with Crippen LogP contribution in [0.4, 0.5) is 0 Å². The molecule has 1 atom stereocenters. The highest BCUT2D eigenvalue weighted by Crippen LogP contribution is 2.28. The fourth-order valence-electron chi connectivity index (χ4n) is 3.02. The summed E-state index contributed by atoms with van der Waals surface area (Å²) < 4.78 is 7.38. The third kappa shape index (κ3) is 2.57. The molecule has 100 valence electrons. The van der Waals surface area contributed by atoms with Crippen LogP contribution < -0.4 is 0 Å². The van der Waals surface area contributed by atoms with Crippen molar-refractivity contribution in [2.24, 2.45) is 11.8 Å². The van der Waals surface area contributed by atoms with Gasteiger partial charge in [0.15, 0.2) is 0 Å².